The molecule has 5 heteroatoms. The van der Waals surface area contributed by atoms with E-state index in [9.17, 15) is 0 Å². The highest BCUT2D eigenvalue weighted by atomic mass is 32.9. The summed E-state index contributed by atoms with van der Waals surface area (Å²) < 4.78 is 11.9. The van der Waals surface area contributed by atoms with Crippen molar-refractivity contribution >= 4 is 29.7 Å². The van der Waals surface area contributed by atoms with E-state index in [1.165, 1.54) is 12.8 Å². The van der Waals surface area contributed by atoms with Gasteiger partial charge in [-0.1, -0.05) is 26.1 Å². The van der Waals surface area contributed by atoms with Gasteiger partial charge in [0.05, 0.1) is 12.2 Å². The van der Waals surface area contributed by atoms with E-state index in [0.29, 0.717) is 0 Å². The second-order valence-corrected chi connectivity index (χ2v) is 11.0. The Morgan fingerprint density at radius 1 is 0.941 bits per heavy atom. The highest BCUT2D eigenvalue weighted by Gasteiger charge is 2.31. The Labute approximate surface area is 115 Å². The average Bonchev–Trinajstić information content (AvgIpc) is 2.74. The summed E-state index contributed by atoms with van der Waals surface area (Å²) >= 11 is 9.90. The van der Waals surface area contributed by atoms with E-state index < -0.39 is 5.69 Å². The summed E-state index contributed by atoms with van der Waals surface area (Å²) in [4.78, 5) is 0. The van der Waals surface area contributed by atoms with Gasteiger partial charge in [-0.05, 0) is 62.2 Å². The topological polar surface area (TPSA) is 18.5 Å². The Kier molecular flexibility index (Phi) is 4.99. The molecule has 2 fully saturated rings. The third-order valence-electron chi connectivity index (χ3n) is 3.86. The molecule has 0 heterocycles. The lowest BCUT2D eigenvalue weighted by Gasteiger charge is -2.24. The van der Waals surface area contributed by atoms with Crippen LogP contribution < -0.4 is 0 Å². The van der Waals surface area contributed by atoms with Gasteiger partial charge in [-0.25, -0.2) is 0 Å². The molecule has 0 N–H and O–H groups in total. The van der Waals surface area contributed by atoms with Crippen LogP contribution in [-0.4, -0.2) is 12.2 Å². The first kappa shape index (κ1) is 14.3. The molecule has 0 spiro atoms. The molecule has 4 atom stereocenters. The Morgan fingerprint density at radius 2 is 1.35 bits per heavy atom. The van der Waals surface area contributed by atoms with Gasteiger partial charge in [-0.3, -0.25) is 0 Å². The van der Waals surface area contributed by atoms with Gasteiger partial charge in [-0.2, -0.15) is 0 Å². The number of hydrogen-bond acceptors (Lipinski definition) is 3. The van der Waals surface area contributed by atoms with Crippen molar-refractivity contribution in [2.75, 3.05) is 0 Å². The maximum atomic E-state index is 5.93. The minimum absolute atomic E-state index is 0.284. The van der Waals surface area contributed by atoms with Crippen LogP contribution in [0.4, 0.5) is 0 Å². The first-order valence-corrected chi connectivity index (χ1v) is 10.4. The van der Waals surface area contributed by atoms with Crippen molar-refractivity contribution < 1.29 is 9.05 Å². The Balaban J connectivity index is 1.80. The fourth-order valence-corrected chi connectivity index (χ4v) is 5.62. The van der Waals surface area contributed by atoms with Crippen LogP contribution in [-0.2, 0) is 20.9 Å². The van der Waals surface area contributed by atoms with Crippen molar-refractivity contribution in [3.05, 3.63) is 0 Å². The minimum Gasteiger partial charge on any atom is -0.318 e. The van der Waals surface area contributed by atoms with Crippen molar-refractivity contribution in [1.82, 2.24) is 0 Å². The van der Waals surface area contributed by atoms with E-state index >= 15 is 0 Å². The Hall–Kier alpha value is 0.920. The fourth-order valence-electron chi connectivity index (χ4n) is 2.90. The molecule has 2 saturated carbocycles. The summed E-state index contributed by atoms with van der Waals surface area (Å²) in [6.07, 6.45) is 7.52. The number of hydrogen-bond donors (Lipinski definition) is 1. The molecule has 17 heavy (non-hydrogen) atoms. The molecule has 0 saturated heterocycles. The summed E-state index contributed by atoms with van der Waals surface area (Å²) in [6, 6.07) is 0. The molecule has 4 unspecified atom stereocenters. The lowest BCUT2D eigenvalue weighted by Crippen LogP contribution is -2.10. The Morgan fingerprint density at radius 3 is 1.65 bits per heavy atom. The molecule has 2 rings (SSSR count). The zero-order valence-corrected chi connectivity index (χ0v) is 13.3. The summed E-state index contributed by atoms with van der Waals surface area (Å²) in [5.41, 5.74) is -2.32. The summed E-state index contributed by atoms with van der Waals surface area (Å²) in [6.45, 7) is 4.54. The van der Waals surface area contributed by atoms with Gasteiger partial charge in [0.25, 0.3) is 0 Å². The Bertz CT molecular complexity index is 285. The van der Waals surface area contributed by atoms with Gasteiger partial charge in [0.15, 0.2) is 0 Å². The highest BCUT2D eigenvalue weighted by molar-refractivity contribution is 8.60. The summed E-state index contributed by atoms with van der Waals surface area (Å²) in [5.74, 6) is 1.52. The predicted molar refractivity (Wildman–Crippen MR) is 79.0 cm³/mol. The van der Waals surface area contributed by atoms with E-state index in [0.717, 1.165) is 37.5 Å². The molecule has 0 radical (unpaired) electrons. The van der Waals surface area contributed by atoms with Gasteiger partial charge in [0, 0.05) is 0 Å². The number of thiol groups is 1. The maximum absolute atomic E-state index is 5.93. The van der Waals surface area contributed by atoms with E-state index in [4.69, 9.17) is 20.9 Å². The molecule has 0 aromatic carbocycles. The van der Waals surface area contributed by atoms with E-state index in [1.54, 1.807) is 0 Å². The molecule has 0 aromatic heterocycles. The van der Waals surface area contributed by atoms with Crippen LogP contribution in [0.15, 0.2) is 0 Å². The van der Waals surface area contributed by atoms with Gasteiger partial charge < -0.3 is 9.05 Å². The lowest BCUT2D eigenvalue weighted by molar-refractivity contribution is 0.153. The molecule has 0 aliphatic heterocycles. The van der Waals surface area contributed by atoms with E-state index in [1.807, 2.05) is 0 Å². The molecule has 0 aromatic rings. The van der Waals surface area contributed by atoms with Crippen LogP contribution in [0.2, 0.25) is 0 Å². The van der Waals surface area contributed by atoms with Crippen LogP contribution in [0.5, 0.6) is 0 Å². The lowest BCUT2D eigenvalue weighted by atomic mass is 10.1. The normalized spacial score (nSPS) is 41.6. The third-order valence-corrected chi connectivity index (χ3v) is 6.07. The van der Waals surface area contributed by atoms with Gasteiger partial charge in [0.2, 0.25) is 5.69 Å². The molecular formula is C12H23O2PS2. The second-order valence-electron chi connectivity index (χ2n) is 5.76. The maximum Gasteiger partial charge on any atom is 0.244 e. The largest absolute Gasteiger partial charge is 0.318 e. The smallest absolute Gasteiger partial charge is 0.244 e. The van der Waals surface area contributed by atoms with Crippen LogP contribution in [0.1, 0.15) is 52.4 Å². The van der Waals surface area contributed by atoms with Crippen molar-refractivity contribution in [3.8, 4) is 0 Å². The standard InChI is InChI=1S/C12H23O2PS2/c1-9-3-5-11(7-9)13-15(16,17)14-12-6-4-10(2)8-12/h9-12H,3-8H2,1-2H3,(H,16,17). The molecule has 100 valence electrons. The molecule has 0 bridgehead atoms. The second kappa shape index (κ2) is 5.92. The summed E-state index contributed by atoms with van der Waals surface area (Å²) in [5, 5.41) is 0. The fraction of sp³-hybridized carbons (Fsp3) is 1.00. The van der Waals surface area contributed by atoms with Gasteiger partial charge >= 0.3 is 0 Å². The SMILES string of the molecule is CC1CCC(OP(=S)(S)OC2CCC(C)C2)C1. The van der Waals surface area contributed by atoms with E-state index in [2.05, 4.69) is 26.1 Å². The molecular weight excluding hydrogens is 271 g/mol. The van der Waals surface area contributed by atoms with Crippen molar-refractivity contribution in [2.45, 2.75) is 64.6 Å². The van der Waals surface area contributed by atoms with Crippen LogP contribution in [0, 0.1) is 11.8 Å². The number of rotatable bonds is 4. The molecule has 0 amide bonds. The highest BCUT2D eigenvalue weighted by Crippen LogP contribution is 2.58. The minimum atomic E-state index is -2.32. The first-order chi connectivity index (χ1) is 7.94. The van der Waals surface area contributed by atoms with Gasteiger partial charge in [-0.15, -0.1) is 0 Å². The van der Waals surface area contributed by atoms with Gasteiger partial charge in [0.1, 0.15) is 0 Å². The van der Waals surface area contributed by atoms with Crippen molar-refractivity contribution in [2.24, 2.45) is 11.8 Å². The molecule has 2 nitrogen and oxygen atoms in total. The first-order valence-electron chi connectivity index (χ1n) is 6.64. The summed E-state index contributed by atoms with van der Waals surface area (Å²) in [7, 11) is 0. The van der Waals surface area contributed by atoms with Crippen LogP contribution >= 0.6 is 17.9 Å². The molecule has 2 aliphatic carbocycles. The third kappa shape index (κ3) is 4.50. The van der Waals surface area contributed by atoms with E-state index in [-0.39, 0.29) is 12.2 Å². The zero-order chi connectivity index (χ0) is 12.5. The monoisotopic (exact) mass is 294 g/mol. The zero-order valence-electron chi connectivity index (χ0n) is 10.7. The van der Waals surface area contributed by atoms with Crippen LogP contribution in [0.3, 0.4) is 0 Å². The molecule has 2 aliphatic rings. The van der Waals surface area contributed by atoms with Crippen molar-refractivity contribution in [3.63, 3.8) is 0 Å². The quantitative estimate of drug-likeness (QED) is 0.606. The predicted octanol–water partition coefficient (Wildman–Crippen LogP) is 4.55. The van der Waals surface area contributed by atoms with Crippen molar-refractivity contribution in [1.29, 1.82) is 0 Å². The average molecular weight is 294 g/mol. The van der Waals surface area contributed by atoms with Crippen LogP contribution in [0.25, 0.3) is 0 Å².